The molecule has 0 aromatic carbocycles. The molecule has 0 fully saturated rings. The van der Waals surface area contributed by atoms with Crippen LogP contribution in [0.15, 0.2) is 12.7 Å². The van der Waals surface area contributed by atoms with Crippen LogP contribution in [0.25, 0.3) is 0 Å². The molecule has 200 valence electrons. The molecule has 0 heterocycles. The highest BCUT2D eigenvalue weighted by Crippen LogP contribution is 2.31. The fourth-order valence-corrected chi connectivity index (χ4v) is 8.95. The zero-order valence-electron chi connectivity index (χ0n) is 23.0. The Hall–Kier alpha value is -1.10. The fourth-order valence-electron chi connectivity index (χ4n) is 4.67. The van der Waals surface area contributed by atoms with Gasteiger partial charge in [-0.15, -0.1) is 0 Å². The maximum absolute atomic E-state index is 12.7. The third-order valence-electron chi connectivity index (χ3n) is 6.79. The summed E-state index contributed by atoms with van der Waals surface area (Å²) in [6.45, 7) is 9.86. The highest BCUT2D eigenvalue weighted by Gasteiger charge is 2.37. The summed E-state index contributed by atoms with van der Waals surface area (Å²) in [5, 5.41) is 0. The first-order valence-corrected chi connectivity index (χ1v) is 17.1. The van der Waals surface area contributed by atoms with E-state index in [9.17, 15) is 9.59 Å². The molecule has 0 aliphatic carbocycles. The van der Waals surface area contributed by atoms with Crippen LogP contribution in [0.1, 0.15) is 136 Å². The van der Waals surface area contributed by atoms with Crippen LogP contribution >= 0.6 is 0 Å². The van der Waals surface area contributed by atoms with Crippen molar-refractivity contribution >= 4 is 20.3 Å². The molecule has 0 radical (unpaired) electrons. The Morgan fingerprint density at radius 1 is 0.618 bits per heavy atom. The van der Waals surface area contributed by atoms with Gasteiger partial charge in [-0.25, -0.2) is 9.59 Å². The van der Waals surface area contributed by atoms with Gasteiger partial charge in [-0.3, -0.25) is 0 Å². The minimum absolute atomic E-state index is 0.289. The minimum atomic E-state index is -2.21. The van der Waals surface area contributed by atoms with Crippen molar-refractivity contribution in [3.05, 3.63) is 12.7 Å². The van der Waals surface area contributed by atoms with Gasteiger partial charge in [-0.05, 0) is 18.1 Å². The van der Waals surface area contributed by atoms with E-state index in [-0.39, 0.29) is 12.6 Å². The predicted molar refractivity (Wildman–Crippen MR) is 148 cm³/mol. The van der Waals surface area contributed by atoms with Gasteiger partial charge in [0, 0.05) is 6.08 Å². The summed E-state index contributed by atoms with van der Waals surface area (Å²) >= 11 is 0. The lowest BCUT2D eigenvalue weighted by Gasteiger charge is -2.31. The molecule has 0 saturated carbocycles. The average Bonchev–Trinajstić information content (AvgIpc) is 2.84. The van der Waals surface area contributed by atoms with E-state index in [2.05, 4.69) is 27.4 Å². The van der Waals surface area contributed by atoms with Gasteiger partial charge >= 0.3 is 11.9 Å². The first-order chi connectivity index (χ1) is 16.5. The quantitative estimate of drug-likeness (QED) is 0.0547. The largest absolute Gasteiger partial charge is 0.517 e. The van der Waals surface area contributed by atoms with Crippen molar-refractivity contribution in [3.8, 4) is 0 Å². The Kier molecular flexibility index (Phi) is 22.9. The molecule has 0 saturated heterocycles. The molecule has 0 aromatic heterocycles. The summed E-state index contributed by atoms with van der Waals surface area (Å²) in [6.07, 6.45) is 23.7. The van der Waals surface area contributed by atoms with Crippen LogP contribution in [-0.2, 0) is 18.8 Å². The van der Waals surface area contributed by atoms with Gasteiger partial charge in [-0.2, -0.15) is 0 Å². The number of hydrogen-bond donors (Lipinski definition) is 0. The third-order valence-corrected chi connectivity index (χ3v) is 11.2. The molecular weight excluding hydrogens is 440 g/mol. The predicted octanol–water partition coefficient (Wildman–Crippen LogP) is 9.29. The Labute approximate surface area is 212 Å². The molecule has 0 aromatic rings. The van der Waals surface area contributed by atoms with E-state index < -0.39 is 14.3 Å². The zero-order chi connectivity index (χ0) is 25.3. The average molecular weight is 497 g/mol. The number of hydrogen-bond acceptors (Lipinski definition) is 4. The lowest BCUT2D eigenvalue weighted by Crippen LogP contribution is -2.41. The van der Waals surface area contributed by atoms with Crippen LogP contribution in [0, 0.1) is 0 Å². The lowest BCUT2D eigenvalue weighted by atomic mass is 10.1. The second-order valence-corrected chi connectivity index (χ2v) is 14.1. The summed E-state index contributed by atoms with van der Waals surface area (Å²) in [5.74, 6) is -0.920. The van der Waals surface area contributed by atoms with Crippen molar-refractivity contribution in [3.63, 3.8) is 0 Å². The Balaban J connectivity index is 5.06. The van der Waals surface area contributed by atoms with Crippen LogP contribution in [0.3, 0.4) is 0 Å². The molecule has 0 N–H and O–H groups in total. The van der Waals surface area contributed by atoms with E-state index in [0.29, 0.717) is 0 Å². The minimum Gasteiger partial charge on any atom is -0.517 e. The summed E-state index contributed by atoms with van der Waals surface area (Å²) in [6, 6.07) is 3.18. The van der Waals surface area contributed by atoms with Crippen molar-refractivity contribution in [2.45, 2.75) is 154 Å². The van der Waals surface area contributed by atoms with E-state index >= 15 is 0 Å². The smallest absolute Gasteiger partial charge is 0.331 e. The molecule has 0 rings (SSSR count). The molecule has 0 atom stereocenters. The number of esters is 1. The highest BCUT2D eigenvalue weighted by atomic mass is 28.4. The van der Waals surface area contributed by atoms with Gasteiger partial charge in [0.1, 0.15) is 0 Å². The second-order valence-electron chi connectivity index (χ2n) is 10.0. The van der Waals surface area contributed by atoms with Gasteiger partial charge in [0.2, 0.25) is 0 Å². The maximum Gasteiger partial charge on any atom is 0.331 e. The van der Waals surface area contributed by atoms with Crippen LogP contribution in [-0.4, -0.2) is 26.9 Å². The number of carbonyl (C=O) groups excluding carboxylic acids is 2. The lowest BCUT2D eigenvalue weighted by molar-refractivity contribution is -0.150. The normalized spacial score (nSPS) is 11.4. The summed E-state index contributed by atoms with van der Waals surface area (Å²) < 4.78 is 11.3. The van der Waals surface area contributed by atoms with Crippen molar-refractivity contribution < 1.29 is 18.8 Å². The summed E-state index contributed by atoms with van der Waals surface area (Å²) in [7, 11) is -2.21. The third kappa shape index (κ3) is 19.2. The molecule has 0 bridgehead atoms. The van der Waals surface area contributed by atoms with Gasteiger partial charge in [0.25, 0.3) is 8.32 Å². The zero-order valence-corrected chi connectivity index (χ0v) is 24.0. The number of unbranched alkanes of at least 4 members (excludes halogenated alkanes) is 15. The van der Waals surface area contributed by atoms with Crippen molar-refractivity contribution in [1.29, 1.82) is 0 Å². The van der Waals surface area contributed by atoms with Gasteiger partial charge < -0.3 is 9.16 Å². The van der Waals surface area contributed by atoms with E-state index in [1.54, 1.807) is 0 Å². The summed E-state index contributed by atoms with van der Waals surface area (Å²) in [4.78, 5) is 24.1. The Morgan fingerprint density at radius 3 is 1.32 bits per heavy atom. The fraction of sp³-hybridized carbons (Fsp3) is 0.862. The van der Waals surface area contributed by atoms with Gasteiger partial charge in [-0.1, -0.05) is 143 Å². The molecule has 0 unspecified atom stereocenters. The van der Waals surface area contributed by atoms with Gasteiger partial charge in [0.15, 0.2) is 6.61 Å². The first-order valence-electron chi connectivity index (χ1n) is 14.5. The number of rotatable bonds is 25. The first kappa shape index (κ1) is 32.9. The van der Waals surface area contributed by atoms with Crippen molar-refractivity contribution in [2.24, 2.45) is 0 Å². The molecule has 5 heteroatoms. The molecule has 0 aliphatic rings. The molecular formula is C29H56O4Si. The highest BCUT2D eigenvalue weighted by molar-refractivity contribution is 6.75. The monoisotopic (exact) mass is 496 g/mol. The topological polar surface area (TPSA) is 52.6 Å². The van der Waals surface area contributed by atoms with E-state index in [0.717, 1.165) is 43.5 Å². The van der Waals surface area contributed by atoms with Crippen molar-refractivity contribution in [2.75, 3.05) is 6.61 Å². The van der Waals surface area contributed by atoms with Crippen LogP contribution in [0.5, 0.6) is 0 Å². The Morgan fingerprint density at radius 2 is 0.971 bits per heavy atom. The number of ether oxygens (including phenoxy) is 1. The van der Waals surface area contributed by atoms with Crippen LogP contribution in [0.2, 0.25) is 18.1 Å². The van der Waals surface area contributed by atoms with E-state index in [1.807, 2.05) is 0 Å². The van der Waals surface area contributed by atoms with Crippen molar-refractivity contribution in [1.82, 2.24) is 0 Å². The van der Waals surface area contributed by atoms with E-state index in [4.69, 9.17) is 9.16 Å². The maximum atomic E-state index is 12.7. The summed E-state index contributed by atoms with van der Waals surface area (Å²) in [5.41, 5.74) is 0. The standard InChI is InChI=1S/C29H56O4Si/c1-5-9-12-15-18-21-24-34(25-22-19-16-13-10-6-2,26-23-20-17-14-11-7-3)33-29(31)27-32-28(30)8-4/h8H,4-7,9-27H2,1-3H3. The molecule has 0 spiro atoms. The molecule has 34 heavy (non-hydrogen) atoms. The van der Waals surface area contributed by atoms with Crippen LogP contribution < -0.4 is 0 Å². The molecule has 0 amide bonds. The SMILES string of the molecule is C=CC(=O)OCC(=O)O[Si](CCCCCCCC)(CCCCCCCC)CCCCCCCC. The van der Waals surface area contributed by atoms with Crippen LogP contribution in [0.4, 0.5) is 0 Å². The van der Waals surface area contributed by atoms with Gasteiger partial charge in [0.05, 0.1) is 0 Å². The second kappa shape index (κ2) is 23.6. The Bertz CT molecular complexity index is 466. The molecule has 0 aliphatic heterocycles. The van der Waals surface area contributed by atoms with E-state index in [1.165, 1.54) is 96.3 Å². The molecule has 4 nitrogen and oxygen atoms in total. The number of carbonyl (C=O) groups is 2.